The van der Waals surface area contributed by atoms with Crippen molar-refractivity contribution in [1.82, 2.24) is 10.3 Å². The Bertz CT molecular complexity index is 503. The fourth-order valence-corrected chi connectivity index (χ4v) is 1.22. The summed E-state index contributed by atoms with van der Waals surface area (Å²) in [5.41, 5.74) is 0.147. The Morgan fingerprint density at radius 3 is 2.63 bits per heavy atom. The molecule has 1 rings (SSSR count). The lowest BCUT2D eigenvalue weighted by molar-refractivity contribution is -0.142. The number of nitrogens with zero attached hydrogens (tertiary/aromatic N) is 1. The molecule has 3 N–H and O–H groups in total. The average Bonchev–Trinajstić information content (AvgIpc) is 2.37. The zero-order valence-electron chi connectivity index (χ0n) is 10.3. The molecule has 0 aliphatic carbocycles. The molecule has 0 fully saturated rings. The number of methoxy groups -OCH3 is 1. The highest BCUT2D eigenvalue weighted by molar-refractivity contribution is 5.94. The topological polar surface area (TPSA) is 118 Å². The van der Waals surface area contributed by atoms with Gasteiger partial charge in [0.2, 0.25) is 0 Å². The quantitative estimate of drug-likeness (QED) is 0.682. The number of carbonyl (C=O) groups is 3. The van der Waals surface area contributed by atoms with Crippen LogP contribution < -0.4 is 10.6 Å². The third kappa shape index (κ3) is 4.26. The minimum atomic E-state index is -1.15. The van der Waals surface area contributed by atoms with Crippen molar-refractivity contribution in [3.63, 3.8) is 0 Å². The van der Waals surface area contributed by atoms with E-state index in [1.165, 1.54) is 26.3 Å². The van der Waals surface area contributed by atoms with Crippen LogP contribution in [0.3, 0.4) is 0 Å². The molecular formula is C11H13N3O5. The summed E-state index contributed by atoms with van der Waals surface area (Å²) >= 11 is 0. The Morgan fingerprint density at radius 1 is 1.37 bits per heavy atom. The number of carboxylic acid groups (broad SMARTS) is 1. The zero-order chi connectivity index (χ0) is 14.4. The van der Waals surface area contributed by atoms with E-state index in [-0.39, 0.29) is 11.3 Å². The lowest BCUT2D eigenvalue weighted by Crippen LogP contribution is -2.41. The van der Waals surface area contributed by atoms with Crippen LogP contribution in [0, 0.1) is 0 Å². The SMILES string of the molecule is COC(=O)C(C)NC(=O)Nc1cncc(C(=O)O)c1. The summed E-state index contributed by atoms with van der Waals surface area (Å²) in [5, 5.41) is 13.5. The van der Waals surface area contributed by atoms with Gasteiger partial charge >= 0.3 is 18.0 Å². The van der Waals surface area contributed by atoms with Crippen molar-refractivity contribution >= 4 is 23.7 Å². The summed E-state index contributed by atoms with van der Waals surface area (Å²) in [4.78, 5) is 37.0. The third-order valence-corrected chi connectivity index (χ3v) is 2.15. The van der Waals surface area contributed by atoms with Crippen molar-refractivity contribution in [3.05, 3.63) is 24.0 Å². The minimum absolute atomic E-state index is 0.0567. The highest BCUT2D eigenvalue weighted by Gasteiger charge is 2.16. The molecule has 8 heteroatoms. The number of ether oxygens (including phenoxy) is 1. The number of nitrogens with one attached hydrogen (secondary N) is 2. The van der Waals surface area contributed by atoms with Gasteiger partial charge < -0.3 is 20.5 Å². The first-order chi connectivity index (χ1) is 8.93. The molecule has 0 saturated carbocycles. The maximum atomic E-state index is 11.5. The first-order valence-electron chi connectivity index (χ1n) is 5.27. The molecule has 1 heterocycles. The van der Waals surface area contributed by atoms with E-state index in [1.54, 1.807) is 0 Å². The number of carbonyl (C=O) groups excluding carboxylic acids is 2. The largest absolute Gasteiger partial charge is 0.478 e. The Kier molecular flexibility index (Phi) is 4.81. The smallest absolute Gasteiger partial charge is 0.337 e. The summed E-state index contributed by atoms with van der Waals surface area (Å²) in [7, 11) is 1.21. The van der Waals surface area contributed by atoms with Crippen LogP contribution >= 0.6 is 0 Å². The molecule has 1 atom stereocenters. The van der Waals surface area contributed by atoms with Gasteiger partial charge in [0.1, 0.15) is 6.04 Å². The van der Waals surface area contributed by atoms with Gasteiger partial charge in [0.25, 0.3) is 0 Å². The second kappa shape index (κ2) is 6.34. The van der Waals surface area contributed by atoms with Crippen LogP contribution in [0.5, 0.6) is 0 Å². The van der Waals surface area contributed by atoms with Gasteiger partial charge in [-0.2, -0.15) is 0 Å². The van der Waals surface area contributed by atoms with Crippen LogP contribution in [0.1, 0.15) is 17.3 Å². The van der Waals surface area contributed by atoms with Crippen LogP contribution in [0.2, 0.25) is 0 Å². The average molecular weight is 267 g/mol. The van der Waals surface area contributed by atoms with Crippen molar-refractivity contribution in [2.75, 3.05) is 12.4 Å². The first kappa shape index (κ1) is 14.4. The Labute approximate surface area is 108 Å². The Morgan fingerprint density at radius 2 is 2.05 bits per heavy atom. The third-order valence-electron chi connectivity index (χ3n) is 2.15. The Hall–Kier alpha value is -2.64. The molecule has 1 aromatic rings. The summed E-state index contributed by atoms with van der Waals surface area (Å²) in [6.45, 7) is 1.46. The van der Waals surface area contributed by atoms with E-state index in [4.69, 9.17) is 5.11 Å². The van der Waals surface area contributed by atoms with Gasteiger partial charge in [-0.25, -0.2) is 14.4 Å². The molecule has 1 unspecified atom stereocenters. The molecule has 0 aliphatic rings. The normalized spacial score (nSPS) is 11.3. The van der Waals surface area contributed by atoms with Gasteiger partial charge in [-0.3, -0.25) is 4.98 Å². The molecule has 0 aromatic carbocycles. The standard InChI is InChI=1S/C11H13N3O5/c1-6(10(17)19-2)13-11(18)14-8-3-7(9(15)16)4-12-5-8/h3-6H,1-2H3,(H,15,16)(H2,13,14,18). The second-order valence-corrected chi connectivity index (χ2v) is 3.61. The van der Waals surface area contributed by atoms with Crippen LogP contribution in [0.4, 0.5) is 10.5 Å². The van der Waals surface area contributed by atoms with E-state index >= 15 is 0 Å². The predicted octanol–water partition coefficient (Wildman–Crippen LogP) is 0.463. The van der Waals surface area contributed by atoms with Gasteiger partial charge in [0, 0.05) is 6.20 Å². The van der Waals surface area contributed by atoms with E-state index in [9.17, 15) is 14.4 Å². The highest BCUT2D eigenvalue weighted by atomic mass is 16.5. The summed E-state index contributed by atoms with van der Waals surface area (Å²) in [6.07, 6.45) is 2.44. The molecular weight excluding hydrogens is 254 g/mol. The van der Waals surface area contributed by atoms with E-state index in [1.807, 2.05) is 0 Å². The number of urea groups is 1. The summed E-state index contributed by atoms with van der Waals surface area (Å²) < 4.78 is 4.44. The molecule has 0 spiro atoms. The predicted molar refractivity (Wildman–Crippen MR) is 64.8 cm³/mol. The fourth-order valence-electron chi connectivity index (χ4n) is 1.22. The highest BCUT2D eigenvalue weighted by Crippen LogP contribution is 2.08. The van der Waals surface area contributed by atoms with Crippen LogP contribution in [-0.2, 0) is 9.53 Å². The molecule has 8 nitrogen and oxygen atoms in total. The number of hydrogen-bond donors (Lipinski definition) is 3. The van der Waals surface area contributed by atoms with Gasteiger partial charge in [0.15, 0.2) is 0 Å². The van der Waals surface area contributed by atoms with E-state index in [0.29, 0.717) is 0 Å². The number of hydrogen-bond acceptors (Lipinski definition) is 5. The summed E-state index contributed by atoms with van der Waals surface area (Å²) in [5.74, 6) is -1.74. The molecule has 1 aromatic heterocycles. The molecule has 0 bridgehead atoms. The molecule has 102 valence electrons. The van der Waals surface area contributed by atoms with Gasteiger partial charge in [0.05, 0.1) is 24.6 Å². The van der Waals surface area contributed by atoms with Crippen LogP contribution in [0.15, 0.2) is 18.5 Å². The molecule has 19 heavy (non-hydrogen) atoms. The van der Waals surface area contributed by atoms with Gasteiger partial charge in [-0.05, 0) is 13.0 Å². The van der Waals surface area contributed by atoms with Crippen molar-refractivity contribution in [1.29, 1.82) is 0 Å². The van der Waals surface area contributed by atoms with Crippen LogP contribution in [-0.4, -0.2) is 41.2 Å². The van der Waals surface area contributed by atoms with Gasteiger partial charge in [-0.15, -0.1) is 0 Å². The number of amides is 2. The number of rotatable bonds is 4. The van der Waals surface area contributed by atoms with E-state index in [2.05, 4.69) is 20.4 Å². The van der Waals surface area contributed by atoms with E-state index < -0.39 is 24.0 Å². The van der Waals surface area contributed by atoms with Crippen molar-refractivity contribution < 1.29 is 24.2 Å². The molecule has 2 amide bonds. The van der Waals surface area contributed by atoms with E-state index in [0.717, 1.165) is 6.20 Å². The second-order valence-electron chi connectivity index (χ2n) is 3.61. The fraction of sp³-hybridized carbons (Fsp3) is 0.273. The summed E-state index contributed by atoms with van der Waals surface area (Å²) in [6, 6.07) is -0.236. The van der Waals surface area contributed by atoms with Crippen molar-refractivity contribution in [3.8, 4) is 0 Å². The number of aromatic nitrogens is 1. The number of carboxylic acids is 1. The number of esters is 1. The van der Waals surface area contributed by atoms with Gasteiger partial charge in [-0.1, -0.05) is 0 Å². The molecule has 0 aliphatic heterocycles. The van der Waals surface area contributed by atoms with Crippen molar-refractivity contribution in [2.45, 2.75) is 13.0 Å². The lowest BCUT2D eigenvalue weighted by Gasteiger charge is -2.12. The molecule has 0 saturated heterocycles. The minimum Gasteiger partial charge on any atom is -0.478 e. The molecule has 0 radical (unpaired) electrons. The monoisotopic (exact) mass is 267 g/mol. The lowest BCUT2D eigenvalue weighted by atomic mass is 10.2. The number of anilines is 1. The first-order valence-corrected chi connectivity index (χ1v) is 5.27. The number of pyridine rings is 1. The van der Waals surface area contributed by atoms with Crippen molar-refractivity contribution in [2.24, 2.45) is 0 Å². The Balaban J connectivity index is 2.64. The maximum Gasteiger partial charge on any atom is 0.337 e. The van der Waals surface area contributed by atoms with Crippen LogP contribution in [0.25, 0.3) is 0 Å². The zero-order valence-corrected chi connectivity index (χ0v) is 10.3. The number of aromatic carboxylic acids is 1. The maximum absolute atomic E-state index is 11.5.